The van der Waals surface area contributed by atoms with E-state index in [4.69, 9.17) is 4.84 Å². The van der Waals surface area contributed by atoms with Gasteiger partial charge in [-0.15, -0.1) is 0 Å². The second-order valence-electron chi connectivity index (χ2n) is 5.40. The lowest BCUT2D eigenvalue weighted by Gasteiger charge is -2.39. The van der Waals surface area contributed by atoms with Crippen LogP contribution in [0.4, 0.5) is 0 Å². The molecule has 2 rings (SSSR count). The highest BCUT2D eigenvalue weighted by Gasteiger charge is 2.32. The van der Waals surface area contributed by atoms with Crippen LogP contribution < -0.4 is 10.8 Å². The molecule has 17 heavy (non-hydrogen) atoms. The summed E-state index contributed by atoms with van der Waals surface area (Å²) in [5.41, 5.74) is 4.67. The summed E-state index contributed by atoms with van der Waals surface area (Å²) in [5.74, 6) is 0. The van der Waals surface area contributed by atoms with Crippen molar-refractivity contribution in [2.45, 2.75) is 32.9 Å². The van der Waals surface area contributed by atoms with E-state index >= 15 is 0 Å². The minimum atomic E-state index is 0.245. The van der Waals surface area contributed by atoms with Gasteiger partial charge in [0.2, 0.25) is 0 Å². The Labute approximate surface area is 104 Å². The molecule has 3 nitrogen and oxygen atoms in total. The largest absolute Gasteiger partial charge is 0.316 e. The lowest BCUT2D eigenvalue weighted by Crippen LogP contribution is -2.52. The number of benzene rings is 1. The van der Waals surface area contributed by atoms with Gasteiger partial charge in [0, 0.05) is 12.6 Å². The van der Waals surface area contributed by atoms with E-state index in [0.29, 0.717) is 12.6 Å². The normalized spacial score (nSPS) is 23.5. The minimum Gasteiger partial charge on any atom is -0.316 e. The summed E-state index contributed by atoms with van der Waals surface area (Å²) in [6.07, 6.45) is 1.11. The molecule has 1 aliphatic heterocycles. The van der Waals surface area contributed by atoms with Crippen molar-refractivity contribution in [1.82, 2.24) is 10.8 Å². The van der Waals surface area contributed by atoms with Gasteiger partial charge in [0.05, 0.1) is 6.61 Å². The molecular weight excluding hydrogens is 212 g/mol. The van der Waals surface area contributed by atoms with Gasteiger partial charge in [-0.25, -0.2) is 0 Å². The first-order valence-corrected chi connectivity index (χ1v) is 6.30. The summed E-state index contributed by atoms with van der Waals surface area (Å²) in [7, 11) is 0. The van der Waals surface area contributed by atoms with E-state index in [1.807, 2.05) is 18.2 Å². The Kier molecular flexibility index (Phi) is 4.15. The Balaban J connectivity index is 1.78. The van der Waals surface area contributed by atoms with Crippen LogP contribution >= 0.6 is 0 Å². The fourth-order valence-corrected chi connectivity index (χ4v) is 2.19. The predicted octanol–water partition coefficient (Wildman–Crippen LogP) is 2.10. The predicted molar refractivity (Wildman–Crippen MR) is 69.4 cm³/mol. The Bertz CT molecular complexity index is 337. The number of hydroxylamine groups is 1. The topological polar surface area (TPSA) is 33.3 Å². The monoisotopic (exact) mass is 234 g/mol. The lowest BCUT2D eigenvalue weighted by atomic mass is 9.80. The summed E-state index contributed by atoms with van der Waals surface area (Å²) >= 11 is 0. The van der Waals surface area contributed by atoms with Crippen molar-refractivity contribution in [2.75, 3.05) is 13.1 Å². The van der Waals surface area contributed by atoms with Gasteiger partial charge >= 0.3 is 0 Å². The van der Waals surface area contributed by atoms with Crippen molar-refractivity contribution in [2.24, 2.45) is 5.41 Å². The Morgan fingerprint density at radius 2 is 2.12 bits per heavy atom. The van der Waals surface area contributed by atoms with E-state index in [2.05, 4.69) is 36.8 Å². The summed E-state index contributed by atoms with van der Waals surface area (Å²) in [6, 6.07) is 10.7. The maximum atomic E-state index is 5.62. The number of nitrogens with one attached hydrogen (secondary N) is 2. The molecule has 0 spiro atoms. The molecule has 1 heterocycles. The van der Waals surface area contributed by atoms with Crippen LogP contribution in [-0.2, 0) is 11.4 Å². The molecule has 0 aliphatic carbocycles. The van der Waals surface area contributed by atoms with Gasteiger partial charge in [0.25, 0.3) is 0 Å². The highest BCUT2D eigenvalue weighted by atomic mass is 16.6. The molecule has 1 atom stereocenters. The number of piperidine rings is 1. The Morgan fingerprint density at radius 3 is 2.82 bits per heavy atom. The standard InChI is InChI=1S/C14H22N2O/c1-14(2)11-15-9-8-13(14)16-17-10-12-6-4-3-5-7-12/h3-7,13,15-16H,8-11H2,1-2H3. The third-order valence-electron chi connectivity index (χ3n) is 3.44. The van der Waals surface area contributed by atoms with Crippen LogP contribution in [0.2, 0.25) is 0 Å². The van der Waals surface area contributed by atoms with Crippen molar-refractivity contribution in [3.63, 3.8) is 0 Å². The molecule has 1 unspecified atom stereocenters. The van der Waals surface area contributed by atoms with Gasteiger partial charge in [-0.2, -0.15) is 5.48 Å². The van der Waals surface area contributed by atoms with Crippen LogP contribution in [0.5, 0.6) is 0 Å². The summed E-state index contributed by atoms with van der Waals surface area (Å²) in [5, 5.41) is 3.42. The van der Waals surface area contributed by atoms with E-state index in [0.717, 1.165) is 19.5 Å². The fraction of sp³-hybridized carbons (Fsp3) is 0.571. The Morgan fingerprint density at radius 1 is 1.35 bits per heavy atom. The zero-order chi connectivity index (χ0) is 12.1. The number of hydrogen-bond acceptors (Lipinski definition) is 3. The quantitative estimate of drug-likeness (QED) is 0.783. The average molecular weight is 234 g/mol. The SMILES string of the molecule is CC1(C)CNCCC1NOCc1ccccc1. The highest BCUT2D eigenvalue weighted by molar-refractivity contribution is 5.13. The second-order valence-corrected chi connectivity index (χ2v) is 5.40. The van der Waals surface area contributed by atoms with Crippen LogP contribution in [0.25, 0.3) is 0 Å². The van der Waals surface area contributed by atoms with Crippen LogP contribution in [0, 0.1) is 5.41 Å². The molecule has 0 amide bonds. The van der Waals surface area contributed by atoms with E-state index in [1.165, 1.54) is 5.56 Å². The van der Waals surface area contributed by atoms with Gasteiger partial charge in [-0.3, -0.25) is 4.84 Å². The van der Waals surface area contributed by atoms with Crippen molar-refractivity contribution < 1.29 is 4.84 Å². The maximum Gasteiger partial charge on any atom is 0.0933 e. The number of rotatable bonds is 4. The zero-order valence-corrected chi connectivity index (χ0v) is 10.7. The van der Waals surface area contributed by atoms with Crippen molar-refractivity contribution in [3.05, 3.63) is 35.9 Å². The van der Waals surface area contributed by atoms with Crippen LogP contribution in [-0.4, -0.2) is 19.1 Å². The molecule has 2 N–H and O–H groups in total. The van der Waals surface area contributed by atoms with Gasteiger partial charge in [-0.1, -0.05) is 44.2 Å². The van der Waals surface area contributed by atoms with Gasteiger partial charge in [-0.05, 0) is 23.9 Å². The lowest BCUT2D eigenvalue weighted by molar-refractivity contribution is -0.0348. The van der Waals surface area contributed by atoms with Crippen molar-refractivity contribution >= 4 is 0 Å². The zero-order valence-electron chi connectivity index (χ0n) is 10.7. The molecule has 0 saturated carbocycles. The second kappa shape index (κ2) is 5.63. The molecule has 94 valence electrons. The third-order valence-corrected chi connectivity index (χ3v) is 3.44. The molecule has 1 fully saturated rings. The maximum absolute atomic E-state index is 5.62. The highest BCUT2D eigenvalue weighted by Crippen LogP contribution is 2.24. The van der Waals surface area contributed by atoms with E-state index in [-0.39, 0.29) is 5.41 Å². The Hall–Kier alpha value is -0.900. The smallest absolute Gasteiger partial charge is 0.0933 e. The third kappa shape index (κ3) is 3.53. The molecule has 1 saturated heterocycles. The molecule has 0 radical (unpaired) electrons. The van der Waals surface area contributed by atoms with Crippen molar-refractivity contribution in [1.29, 1.82) is 0 Å². The minimum absolute atomic E-state index is 0.245. The van der Waals surface area contributed by atoms with Crippen LogP contribution in [0.1, 0.15) is 25.8 Å². The van der Waals surface area contributed by atoms with E-state index in [1.54, 1.807) is 0 Å². The van der Waals surface area contributed by atoms with Gasteiger partial charge < -0.3 is 5.32 Å². The average Bonchev–Trinajstić information content (AvgIpc) is 2.32. The molecule has 0 bridgehead atoms. The summed E-state index contributed by atoms with van der Waals surface area (Å²) in [6.45, 7) is 7.27. The van der Waals surface area contributed by atoms with Gasteiger partial charge in [0.1, 0.15) is 0 Å². The van der Waals surface area contributed by atoms with Crippen molar-refractivity contribution in [3.8, 4) is 0 Å². The molecule has 1 aliphatic rings. The van der Waals surface area contributed by atoms with E-state index < -0.39 is 0 Å². The molecule has 1 aromatic rings. The molecule has 1 aromatic carbocycles. The summed E-state index contributed by atoms with van der Waals surface area (Å²) < 4.78 is 0. The van der Waals surface area contributed by atoms with Crippen LogP contribution in [0.3, 0.4) is 0 Å². The molecule has 3 heteroatoms. The van der Waals surface area contributed by atoms with E-state index in [9.17, 15) is 0 Å². The fourth-order valence-electron chi connectivity index (χ4n) is 2.19. The molecular formula is C14H22N2O. The first-order chi connectivity index (χ1) is 8.18. The first kappa shape index (κ1) is 12.6. The number of hydrogen-bond donors (Lipinski definition) is 2. The van der Waals surface area contributed by atoms with Crippen LogP contribution in [0.15, 0.2) is 30.3 Å². The molecule has 0 aromatic heterocycles. The first-order valence-electron chi connectivity index (χ1n) is 6.30. The van der Waals surface area contributed by atoms with Gasteiger partial charge in [0.15, 0.2) is 0 Å². The summed E-state index contributed by atoms with van der Waals surface area (Å²) in [4.78, 5) is 5.62.